The Bertz CT molecular complexity index is 1670. The van der Waals surface area contributed by atoms with Gasteiger partial charge in [0.1, 0.15) is 0 Å². The van der Waals surface area contributed by atoms with Crippen molar-refractivity contribution < 1.29 is 0 Å². The minimum Gasteiger partial charge on any atom is -0.264 e. The number of hydrogen-bond acceptors (Lipinski definition) is 3. The third-order valence-corrected chi connectivity index (χ3v) is 7.34. The molecule has 0 aliphatic heterocycles. The van der Waals surface area contributed by atoms with Gasteiger partial charge in [-0.1, -0.05) is 84.9 Å². The lowest BCUT2D eigenvalue weighted by Gasteiger charge is -2.10. The maximum atomic E-state index is 9.67. The van der Waals surface area contributed by atoms with Gasteiger partial charge < -0.3 is 0 Å². The van der Waals surface area contributed by atoms with Crippen LogP contribution < -0.4 is 0 Å². The Morgan fingerprint density at radius 3 is 1.85 bits per heavy atom. The highest BCUT2D eigenvalue weighted by molar-refractivity contribution is 7.26. The van der Waals surface area contributed by atoms with E-state index in [4.69, 9.17) is 0 Å². The lowest BCUT2D eigenvalue weighted by atomic mass is 9.94. The second-order valence-electron chi connectivity index (χ2n) is 7.91. The van der Waals surface area contributed by atoms with Gasteiger partial charge in [-0.2, -0.15) is 5.26 Å². The fourth-order valence-corrected chi connectivity index (χ4v) is 5.91. The second kappa shape index (κ2) is 8.02. The first-order valence-electron chi connectivity index (χ1n) is 10.8. The average molecular weight is 439 g/mol. The molecule has 4 aromatic carbocycles. The van der Waals surface area contributed by atoms with Crippen LogP contribution in [0.15, 0.2) is 109 Å². The SMILES string of the molecule is N#Cc1ccccc1-c1cccc2c1sc1c(-c3ccccc3-c3cccnc3)cccc12. The fourth-order valence-electron chi connectivity index (χ4n) is 4.55. The van der Waals surface area contributed by atoms with Crippen molar-refractivity contribution in [1.29, 1.82) is 5.26 Å². The molecule has 3 heteroatoms. The molecular weight excluding hydrogens is 420 g/mol. The van der Waals surface area contributed by atoms with Crippen LogP contribution in [-0.4, -0.2) is 4.98 Å². The standard InChI is InChI=1S/C30H18N2S/c31-18-20-8-1-2-10-22(20)25-13-5-15-27-28-16-6-14-26(30(28)33-29(25)27)24-12-4-3-11-23(24)21-9-7-17-32-19-21/h1-17,19H. The van der Waals surface area contributed by atoms with Gasteiger partial charge >= 0.3 is 0 Å². The summed E-state index contributed by atoms with van der Waals surface area (Å²) in [7, 11) is 0. The van der Waals surface area contributed by atoms with Crippen molar-refractivity contribution in [2.45, 2.75) is 0 Å². The van der Waals surface area contributed by atoms with Gasteiger partial charge in [-0.3, -0.25) is 4.98 Å². The van der Waals surface area contributed by atoms with Crippen LogP contribution in [0.2, 0.25) is 0 Å². The van der Waals surface area contributed by atoms with E-state index in [0.717, 1.165) is 16.7 Å². The van der Waals surface area contributed by atoms with Gasteiger partial charge in [-0.05, 0) is 23.3 Å². The average Bonchev–Trinajstić information content (AvgIpc) is 3.28. The van der Waals surface area contributed by atoms with E-state index in [1.165, 1.54) is 36.9 Å². The molecule has 0 aliphatic carbocycles. The van der Waals surface area contributed by atoms with Crippen molar-refractivity contribution in [3.05, 3.63) is 115 Å². The molecule has 154 valence electrons. The summed E-state index contributed by atoms with van der Waals surface area (Å²) in [5.74, 6) is 0. The number of thiophene rings is 1. The van der Waals surface area contributed by atoms with Gasteiger partial charge in [-0.15, -0.1) is 11.3 Å². The molecule has 0 amide bonds. The highest BCUT2D eigenvalue weighted by atomic mass is 32.1. The number of benzene rings is 4. The summed E-state index contributed by atoms with van der Waals surface area (Å²) in [6.45, 7) is 0. The molecule has 0 N–H and O–H groups in total. The maximum Gasteiger partial charge on any atom is 0.0998 e. The number of nitrogens with zero attached hydrogens (tertiary/aromatic N) is 2. The van der Waals surface area contributed by atoms with Crippen LogP contribution in [0.1, 0.15) is 5.56 Å². The van der Waals surface area contributed by atoms with Crippen molar-refractivity contribution in [3.63, 3.8) is 0 Å². The van der Waals surface area contributed by atoms with Crippen molar-refractivity contribution in [1.82, 2.24) is 4.98 Å². The van der Waals surface area contributed by atoms with Gasteiger partial charge in [0.25, 0.3) is 0 Å². The van der Waals surface area contributed by atoms with Crippen molar-refractivity contribution in [3.8, 4) is 39.4 Å². The van der Waals surface area contributed by atoms with Crippen LogP contribution >= 0.6 is 11.3 Å². The summed E-state index contributed by atoms with van der Waals surface area (Å²) in [5.41, 5.74) is 7.48. The highest BCUT2D eigenvalue weighted by Crippen LogP contribution is 2.45. The molecule has 33 heavy (non-hydrogen) atoms. The van der Waals surface area contributed by atoms with Crippen LogP contribution in [0, 0.1) is 11.3 Å². The molecule has 0 aliphatic rings. The smallest absolute Gasteiger partial charge is 0.0998 e. The van der Waals surface area contributed by atoms with Crippen LogP contribution in [-0.2, 0) is 0 Å². The van der Waals surface area contributed by atoms with Crippen LogP contribution in [0.25, 0.3) is 53.6 Å². The molecule has 0 bridgehead atoms. The molecule has 2 heterocycles. The van der Waals surface area contributed by atoms with E-state index in [0.29, 0.717) is 5.56 Å². The number of rotatable bonds is 3. The maximum absolute atomic E-state index is 9.67. The second-order valence-corrected chi connectivity index (χ2v) is 8.93. The zero-order chi connectivity index (χ0) is 22.2. The molecule has 2 aromatic heterocycles. The van der Waals surface area contributed by atoms with Gasteiger partial charge in [0.05, 0.1) is 11.6 Å². The van der Waals surface area contributed by atoms with Gasteiger partial charge in [0.2, 0.25) is 0 Å². The van der Waals surface area contributed by atoms with E-state index >= 15 is 0 Å². The molecule has 0 atom stereocenters. The number of fused-ring (bicyclic) bond motifs is 3. The highest BCUT2D eigenvalue weighted by Gasteiger charge is 2.16. The fraction of sp³-hybridized carbons (Fsp3) is 0. The van der Waals surface area contributed by atoms with Crippen molar-refractivity contribution in [2.24, 2.45) is 0 Å². The topological polar surface area (TPSA) is 36.7 Å². The van der Waals surface area contributed by atoms with Gasteiger partial charge in [-0.25, -0.2) is 0 Å². The Morgan fingerprint density at radius 1 is 0.576 bits per heavy atom. The first-order valence-corrected chi connectivity index (χ1v) is 11.6. The van der Waals surface area contributed by atoms with Crippen LogP contribution in [0.5, 0.6) is 0 Å². The Labute approximate surface area is 196 Å². The molecule has 0 fully saturated rings. The van der Waals surface area contributed by atoms with Crippen LogP contribution in [0.4, 0.5) is 0 Å². The predicted octanol–water partition coefficient (Wildman–Crippen LogP) is 8.32. The lowest BCUT2D eigenvalue weighted by Crippen LogP contribution is -1.86. The zero-order valence-corrected chi connectivity index (χ0v) is 18.5. The molecule has 2 nitrogen and oxygen atoms in total. The Kier molecular flexibility index (Phi) is 4.72. The summed E-state index contributed by atoms with van der Waals surface area (Å²) in [5, 5.41) is 12.1. The van der Waals surface area contributed by atoms with Crippen molar-refractivity contribution >= 4 is 31.5 Å². The number of nitriles is 1. The molecule has 6 rings (SSSR count). The summed E-state index contributed by atoms with van der Waals surface area (Å²) in [6, 6.07) is 35.7. The molecular formula is C30H18N2S. The van der Waals surface area contributed by atoms with E-state index in [1.807, 2.05) is 36.5 Å². The van der Waals surface area contributed by atoms with E-state index in [2.05, 4.69) is 77.8 Å². The number of hydrogen-bond donors (Lipinski definition) is 0. The molecule has 0 spiro atoms. The summed E-state index contributed by atoms with van der Waals surface area (Å²) in [4.78, 5) is 4.33. The predicted molar refractivity (Wildman–Crippen MR) is 138 cm³/mol. The molecule has 0 radical (unpaired) electrons. The minimum atomic E-state index is 0.699. The Morgan fingerprint density at radius 2 is 1.18 bits per heavy atom. The molecule has 6 aromatic rings. The Hall–Kier alpha value is -4.26. The van der Waals surface area contributed by atoms with Crippen LogP contribution in [0.3, 0.4) is 0 Å². The summed E-state index contributed by atoms with van der Waals surface area (Å²) < 4.78 is 2.47. The van der Waals surface area contributed by atoms with E-state index in [1.54, 1.807) is 17.5 Å². The third kappa shape index (κ3) is 3.20. The minimum absolute atomic E-state index is 0.699. The van der Waals surface area contributed by atoms with Crippen molar-refractivity contribution in [2.75, 3.05) is 0 Å². The molecule has 0 saturated heterocycles. The third-order valence-electron chi connectivity index (χ3n) is 6.05. The summed E-state index contributed by atoms with van der Waals surface area (Å²) >= 11 is 1.80. The zero-order valence-electron chi connectivity index (χ0n) is 17.7. The van der Waals surface area contributed by atoms with E-state index < -0.39 is 0 Å². The van der Waals surface area contributed by atoms with Gasteiger partial charge in [0, 0.05) is 54.8 Å². The lowest BCUT2D eigenvalue weighted by molar-refractivity contribution is 1.33. The first kappa shape index (κ1) is 19.4. The first-order chi connectivity index (χ1) is 16.3. The van der Waals surface area contributed by atoms with E-state index in [9.17, 15) is 5.26 Å². The summed E-state index contributed by atoms with van der Waals surface area (Å²) in [6.07, 6.45) is 3.72. The number of pyridine rings is 1. The monoisotopic (exact) mass is 438 g/mol. The van der Waals surface area contributed by atoms with Gasteiger partial charge in [0.15, 0.2) is 0 Å². The normalized spacial score (nSPS) is 11.0. The Balaban J connectivity index is 1.65. The molecule has 0 unspecified atom stereocenters. The quantitative estimate of drug-likeness (QED) is 0.278. The number of aromatic nitrogens is 1. The molecule has 0 saturated carbocycles. The largest absolute Gasteiger partial charge is 0.264 e. The van der Waals surface area contributed by atoms with E-state index in [-0.39, 0.29) is 0 Å².